The molecule has 0 saturated heterocycles. The molecule has 0 radical (unpaired) electrons. The van der Waals surface area contributed by atoms with Gasteiger partial charge in [0.15, 0.2) is 0 Å². The second kappa shape index (κ2) is 5.93. The predicted molar refractivity (Wildman–Crippen MR) is 75.8 cm³/mol. The van der Waals surface area contributed by atoms with Crippen LogP contribution in [-0.2, 0) is 13.1 Å². The van der Waals surface area contributed by atoms with Crippen LogP contribution in [0.5, 0.6) is 0 Å². The highest BCUT2D eigenvalue weighted by molar-refractivity contribution is 7.07. The molecular formula is C12H14N4O3S. The van der Waals surface area contributed by atoms with Gasteiger partial charge >= 0.3 is 4.87 Å². The molecule has 0 atom stereocenters. The zero-order valence-corrected chi connectivity index (χ0v) is 11.9. The third-order valence-corrected chi connectivity index (χ3v) is 3.66. The lowest BCUT2D eigenvalue weighted by Gasteiger charge is -2.08. The van der Waals surface area contributed by atoms with Crippen LogP contribution in [0, 0.1) is 24.0 Å². The van der Waals surface area contributed by atoms with Gasteiger partial charge < -0.3 is 10.3 Å². The van der Waals surface area contributed by atoms with E-state index in [9.17, 15) is 14.9 Å². The van der Waals surface area contributed by atoms with Crippen LogP contribution in [0.4, 0.5) is 5.69 Å². The van der Waals surface area contributed by atoms with E-state index in [4.69, 9.17) is 0 Å². The van der Waals surface area contributed by atoms with E-state index in [1.807, 2.05) is 0 Å². The van der Waals surface area contributed by atoms with Crippen LogP contribution in [0.1, 0.15) is 22.5 Å². The van der Waals surface area contributed by atoms with E-state index in [1.54, 1.807) is 19.2 Å². The van der Waals surface area contributed by atoms with Crippen LogP contribution in [0.3, 0.4) is 0 Å². The Kier molecular flexibility index (Phi) is 4.26. The number of thiazole rings is 1. The Morgan fingerprint density at radius 1 is 1.45 bits per heavy atom. The molecule has 106 valence electrons. The van der Waals surface area contributed by atoms with E-state index in [2.05, 4.69) is 15.3 Å². The number of pyridine rings is 1. The molecule has 0 aromatic carbocycles. The summed E-state index contributed by atoms with van der Waals surface area (Å²) in [6, 6.07) is 0. The molecule has 7 nitrogen and oxygen atoms in total. The lowest BCUT2D eigenvalue weighted by atomic mass is 10.1. The molecule has 0 fully saturated rings. The molecule has 0 unspecified atom stereocenters. The summed E-state index contributed by atoms with van der Waals surface area (Å²) in [5.74, 6) is 0. The Morgan fingerprint density at radius 2 is 2.20 bits per heavy atom. The van der Waals surface area contributed by atoms with Crippen LogP contribution in [0.25, 0.3) is 0 Å². The van der Waals surface area contributed by atoms with Gasteiger partial charge in [-0.2, -0.15) is 0 Å². The van der Waals surface area contributed by atoms with Crippen molar-refractivity contribution >= 4 is 17.0 Å². The van der Waals surface area contributed by atoms with Gasteiger partial charge in [-0.1, -0.05) is 11.3 Å². The first-order valence-electron chi connectivity index (χ1n) is 5.96. The Bertz CT molecular complexity index is 692. The molecule has 0 aliphatic rings. The highest BCUT2D eigenvalue weighted by atomic mass is 32.1. The number of nitrogens with zero attached hydrogens (tertiary/aromatic N) is 2. The molecule has 2 aromatic rings. The number of rotatable bonds is 5. The standard InChI is InChI=1S/C12H14N4O3S/c1-7-3-14-10(8(2)11(7)16(18)19)5-13-4-9-6-20-12(17)15-9/h3,6,13H,4-5H2,1-2H3,(H,15,17). The van der Waals surface area contributed by atoms with Gasteiger partial charge in [-0.3, -0.25) is 19.9 Å². The minimum absolute atomic E-state index is 0.0953. The highest BCUT2D eigenvalue weighted by Gasteiger charge is 2.18. The molecular weight excluding hydrogens is 280 g/mol. The molecule has 0 amide bonds. The Balaban J connectivity index is 2.08. The lowest BCUT2D eigenvalue weighted by Crippen LogP contribution is -2.16. The third-order valence-electron chi connectivity index (χ3n) is 2.94. The van der Waals surface area contributed by atoms with Crippen molar-refractivity contribution in [1.82, 2.24) is 15.3 Å². The van der Waals surface area contributed by atoms with Gasteiger partial charge in [-0.25, -0.2) is 0 Å². The number of aryl methyl sites for hydroxylation is 1. The van der Waals surface area contributed by atoms with Crippen LogP contribution >= 0.6 is 11.3 Å². The molecule has 0 bridgehead atoms. The number of nitrogens with one attached hydrogen (secondary N) is 2. The third kappa shape index (κ3) is 3.09. The van der Waals surface area contributed by atoms with Crippen molar-refractivity contribution in [1.29, 1.82) is 0 Å². The molecule has 8 heteroatoms. The summed E-state index contributed by atoms with van der Waals surface area (Å²) >= 11 is 1.11. The Morgan fingerprint density at radius 3 is 2.80 bits per heavy atom. The van der Waals surface area contributed by atoms with E-state index in [-0.39, 0.29) is 15.5 Å². The average molecular weight is 294 g/mol. The first-order chi connectivity index (χ1) is 9.49. The molecule has 0 spiro atoms. The fraction of sp³-hybridized carbons (Fsp3) is 0.333. The van der Waals surface area contributed by atoms with Crippen LogP contribution in [-0.4, -0.2) is 14.9 Å². The molecule has 2 aromatic heterocycles. The SMILES string of the molecule is Cc1cnc(CNCc2csc(=O)[nH]2)c(C)c1[N+](=O)[O-]. The number of aromatic nitrogens is 2. The van der Waals surface area contributed by atoms with Crippen molar-refractivity contribution in [3.63, 3.8) is 0 Å². The topological polar surface area (TPSA) is 101 Å². The quantitative estimate of drug-likeness (QED) is 0.645. The monoisotopic (exact) mass is 294 g/mol. The molecule has 20 heavy (non-hydrogen) atoms. The number of hydrogen-bond donors (Lipinski definition) is 2. The van der Waals surface area contributed by atoms with Crippen molar-refractivity contribution in [2.24, 2.45) is 0 Å². The van der Waals surface area contributed by atoms with Gasteiger partial charge in [0.2, 0.25) is 0 Å². The Labute approximate surface area is 118 Å². The summed E-state index contributed by atoms with van der Waals surface area (Å²) in [6.07, 6.45) is 1.51. The summed E-state index contributed by atoms with van der Waals surface area (Å²) in [7, 11) is 0. The summed E-state index contributed by atoms with van der Waals surface area (Å²) < 4.78 is 0. The second-order valence-electron chi connectivity index (χ2n) is 4.40. The average Bonchev–Trinajstić information content (AvgIpc) is 2.77. The van der Waals surface area contributed by atoms with E-state index in [1.165, 1.54) is 6.20 Å². The summed E-state index contributed by atoms with van der Waals surface area (Å²) in [4.78, 5) is 28.4. The first kappa shape index (κ1) is 14.4. The van der Waals surface area contributed by atoms with Crippen molar-refractivity contribution in [2.45, 2.75) is 26.9 Å². The van der Waals surface area contributed by atoms with Crippen LogP contribution in [0.2, 0.25) is 0 Å². The second-order valence-corrected chi connectivity index (χ2v) is 5.24. The zero-order valence-electron chi connectivity index (χ0n) is 11.1. The van der Waals surface area contributed by atoms with Gasteiger partial charge in [0.1, 0.15) is 0 Å². The number of aromatic amines is 1. The highest BCUT2D eigenvalue weighted by Crippen LogP contribution is 2.23. The van der Waals surface area contributed by atoms with Crippen LogP contribution in [0.15, 0.2) is 16.4 Å². The van der Waals surface area contributed by atoms with Crippen LogP contribution < -0.4 is 10.2 Å². The molecule has 2 heterocycles. The van der Waals surface area contributed by atoms with Gasteiger partial charge in [0, 0.05) is 41.5 Å². The van der Waals surface area contributed by atoms with Gasteiger partial charge in [0.05, 0.1) is 10.6 Å². The normalized spacial score (nSPS) is 10.7. The number of nitro groups is 1. The maximum atomic E-state index is 11.0. The minimum atomic E-state index is -0.383. The van der Waals surface area contributed by atoms with Gasteiger partial charge in [-0.05, 0) is 13.8 Å². The van der Waals surface area contributed by atoms with Crippen molar-refractivity contribution < 1.29 is 4.92 Å². The van der Waals surface area contributed by atoms with Crippen molar-refractivity contribution in [3.05, 3.63) is 53.9 Å². The number of H-pyrrole nitrogens is 1. The van der Waals surface area contributed by atoms with E-state index in [0.29, 0.717) is 29.9 Å². The molecule has 0 aliphatic carbocycles. The largest absolute Gasteiger partial charge is 0.315 e. The lowest BCUT2D eigenvalue weighted by molar-refractivity contribution is -0.386. The molecule has 2 N–H and O–H groups in total. The fourth-order valence-electron chi connectivity index (χ4n) is 1.94. The zero-order chi connectivity index (χ0) is 14.7. The minimum Gasteiger partial charge on any atom is -0.315 e. The van der Waals surface area contributed by atoms with E-state index >= 15 is 0 Å². The summed E-state index contributed by atoms with van der Waals surface area (Å²) in [5.41, 5.74) is 2.67. The van der Waals surface area contributed by atoms with E-state index < -0.39 is 0 Å². The van der Waals surface area contributed by atoms with Gasteiger partial charge in [-0.15, -0.1) is 0 Å². The molecule has 2 rings (SSSR count). The smallest absolute Gasteiger partial charge is 0.304 e. The fourth-order valence-corrected chi connectivity index (χ4v) is 2.52. The number of hydrogen-bond acceptors (Lipinski definition) is 6. The van der Waals surface area contributed by atoms with Crippen molar-refractivity contribution in [2.75, 3.05) is 0 Å². The molecule has 0 saturated carbocycles. The van der Waals surface area contributed by atoms with Crippen molar-refractivity contribution in [3.8, 4) is 0 Å². The molecule has 0 aliphatic heterocycles. The maximum Gasteiger partial charge on any atom is 0.304 e. The maximum absolute atomic E-state index is 11.0. The Hall–Kier alpha value is -2.06. The summed E-state index contributed by atoms with van der Waals surface area (Å²) in [5, 5.41) is 15.9. The predicted octanol–water partition coefficient (Wildman–Crippen LogP) is 1.65. The van der Waals surface area contributed by atoms with E-state index in [0.717, 1.165) is 17.0 Å². The summed E-state index contributed by atoms with van der Waals surface area (Å²) in [6.45, 7) is 4.26. The first-order valence-corrected chi connectivity index (χ1v) is 6.84. The van der Waals surface area contributed by atoms with Gasteiger partial charge in [0.25, 0.3) is 5.69 Å².